The lowest BCUT2D eigenvalue weighted by atomic mass is 10.2. The second kappa shape index (κ2) is 9.27. The lowest BCUT2D eigenvalue weighted by Gasteiger charge is -2.10. The molecule has 2 N–H and O–H groups in total. The molecule has 0 spiro atoms. The number of carbonyl (C=O) groups is 3. The molecule has 1 unspecified atom stereocenters. The molecular weight excluding hydrogens is 408 g/mol. The molecule has 1 heterocycles. The third-order valence-corrected chi connectivity index (χ3v) is 4.91. The van der Waals surface area contributed by atoms with E-state index in [4.69, 9.17) is 14.6 Å². The summed E-state index contributed by atoms with van der Waals surface area (Å²) in [5.41, 5.74) is 1.34. The van der Waals surface area contributed by atoms with Gasteiger partial charge in [-0.15, -0.1) is 0 Å². The van der Waals surface area contributed by atoms with Crippen LogP contribution in [0.25, 0.3) is 6.08 Å². The SMILES string of the molecule is COC(=O)c1ccccc1N=C1NC(=O)/C(=C\c2cccc(OC(C)C(=O)O)c2)S1. The maximum atomic E-state index is 12.3. The summed E-state index contributed by atoms with van der Waals surface area (Å²) >= 11 is 1.12. The Labute approximate surface area is 176 Å². The first-order chi connectivity index (χ1) is 14.4. The van der Waals surface area contributed by atoms with Crippen molar-refractivity contribution in [3.05, 3.63) is 64.6 Å². The second-order valence-corrected chi connectivity index (χ2v) is 7.19. The molecule has 0 saturated carbocycles. The smallest absolute Gasteiger partial charge is 0.344 e. The lowest BCUT2D eigenvalue weighted by Crippen LogP contribution is -2.22. The number of aliphatic carboxylic acids is 1. The average Bonchev–Trinajstić information content (AvgIpc) is 3.06. The molecule has 3 rings (SSSR count). The van der Waals surface area contributed by atoms with Gasteiger partial charge in [0.25, 0.3) is 5.91 Å². The van der Waals surface area contributed by atoms with Crippen LogP contribution in [0, 0.1) is 0 Å². The highest BCUT2D eigenvalue weighted by Crippen LogP contribution is 2.30. The fraction of sp³-hybridized carbons (Fsp3) is 0.143. The molecule has 154 valence electrons. The van der Waals surface area contributed by atoms with Crippen LogP contribution in [0.15, 0.2) is 58.4 Å². The summed E-state index contributed by atoms with van der Waals surface area (Å²) in [5, 5.41) is 12.0. The number of carbonyl (C=O) groups excluding carboxylic acids is 2. The molecule has 1 aliphatic rings. The summed E-state index contributed by atoms with van der Waals surface area (Å²) in [5.74, 6) is -1.55. The van der Waals surface area contributed by atoms with Gasteiger partial charge >= 0.3 is 11.9 Å². The first-order valence-electron chi connectivity index (χ1n) is 8.84. The van der Waals surface area contributed by atoms with Gasteiger partial charge in [0.2, 0.25) is 0 Å². The number of para-hydroxylation sites is 1. The number of hydrogen-bond acceptors (Lipinski definition) is 7. The Kier molecular flexibility index (Phi) is 6.53. The number of nitrogens with one attached hydrogen (secondary N) is 1. The van der Waals surface area contributed by atoms with Crippen LogP contribution in [0.4, 0.5) is 5.69 Å². The van der Waals surface area contributed by atoms with Gasteiger partial charge in [-0.25, -0.2) is 14.6 Å². The predicted octanol–water partition coefficient (Wildman–Crippen LogP) is 3.22. The molecule has 0 aliphatic carbocycles. The fourth-order valence-corrected chi connectivity index (χ4v) is 3.36. The Balaban J connectivity index is 1.82. The van der Waals surface area contributed by atoms with E-state index >= 15 is 0 Å². The van der Waals surface area contributed by atoms with Gasteiger partial charge in [-0.1, -0.05) is 24.3 Å². The Hall–Kier alpha value is -3.59. The highest BCUT2D eigenvalue weighted by atomic mass is 32.2. The second-order valence-electron chi connectivity index (χ2n) is 6.16. The number of nitrogens with zero attached hydrogens (tertiary/aromatic N) is 1. The highest BCUT2D eigenvalue weighted by molar-refractivity contribution is 8.18. The third kappa shape index (κ3) is 5.06. The fourth-order valence-electron chi connectivity index (χ4n) is 2.53. The summed E-state index contributed by atoms with van der Waals surface area (Å²) in [6.45, 7) is 1.43. The van der Waals surface area contributed by atoms with E-state index in [2.05, 4.69) is 10.3 Å². The molecule has 0 bridgehead atoms. The van der Waals surface area contributed by atoms with Gasteiger partial charge in [0.15, 0.2) is 11.3 Å². The number of benzene rings is 2. The number of amides is 1. The van der Waals surface area contributed by atoms with Crippen LogP contribution in [0.1, 0.15) is 22.8 Å². The minimum atomic E-state index is -1.07. The largest absolute Gasteiger partial charge is 0.479 e. The maximum absolute atomic E-state index is 12.3. The van der Waals surface area contributed by atoms with Crippen molar-refractivity contribution in [3.63, 3.8) is 0 Å². The van der Waals surface area contributed by atoms with Crippen LogP contribution in [-0.2, 0) is 14.3 Å². The van der Waals surface area contributed by atoms with Gasteiger partial charge < -0.3 is 19.9 Å². The highest BCUT2D eigenvalue weighted by Gasteiger charge is 2.24. The topological polar surface area (TPSA) is 114 Å². The number of hydrogen-bond donors (Lipinski definition) is 2. The average molecular weight is 426 g/mol. The van der Waals surface area contributed by atoms with E-state index in [1.54, 1.807) is 54.6 Å². The molecule has 0 radical (unpaired) electrons. The van der Waals surface area contributed by atoms with E-state index < -0.39 is 18.0 Å². The molecule has 0 aromatic heterocycles. The molecule has 30 heavy (non-hydrogen) atoms. The molecule has 1 atom stereocenters. The number of methoxy groups -OCH3 is 1. The summed E-state index contributed by atoms with van der Waals surface area (Å²) in [4.78, 5) is 39.9. The predicted molar refractivity (Wildman–Crippen MR) is 113 cm³/mol. The first kappa shape index (κ1) is 21.1. The molecule has 1 aliphatic heterocycles. The first-order valence-corrected chi connectivity index (χ1v) is 9.65. The van der Waals surface area contributed by atoms with Gasteiger partial charge in [-0.3, -0.25) is 4.79 Å². The van der Waals surface area contributed by atoms with E-state index in [0.29, 0.717) is 27.1 Å². The van der Waals surface area contributed by atoms with Crippen molar-refractivity contribution in [1.82, 2.24) is 5.32 Å². The summed E-state index contributed by atoms with van der Waals surface area (Å²) in [6, 6.07) is 13.4. The van der Waals surface area contributed by atoms with Gasteiger partial charge in [0, 0.05) is 0 Å². The number of carboxylic acids is 1. The van der Waals surface area contributed by atoms with Gasteiger partial charge in [0.1, 0.15) is 5.75 Å². The maximum Gasteiger partial charge on any atom is 0.344 e. The van der Waals surface area contributed by atoms with Crippen molar-refractivity contribution in [2.24, 2.45) is 4.99 Å². The Morgan fingerprint density at radius 1 is 1.20 bits per heavy atom. The van der Waals surface area contributed by atoms with Gasteiger partial charge in [0.05, 0.1) is 23.3 Å². The molecule has 8 nitrogen and oxygen atoms in total. The van der Waals surface area contributed by atoms with Crippen molar-refractivity contribution in [3.8, 4) is 5.75 Å². The van der Waals surface area contributed by atoms with Crippen molar-refractivity contribution in [2.75, 3.05) is 7.11 Å². The van der Waals surface area contributed by atoms with Crippen molar-refractivity contribution < 1.29 is 29.0 Å². The quantitative estimate of drug-likeness (QED) is 0.538. The lowest BCUT2D eigenvalue weighted by molar-refractivity contribution is -0.144. The zero-order valence-corrected chi connectivity index (χ0v) is 16.9. The van der Waals surface area contributed by atoms with Crippen LogP contribution in [0.2, 0.25) is 0 Å². The Morgan fingerprint density at radius 3 is 2.70 bits per heavy atom. The van der Waals surface area contributed by atoms with Crippen molar-refractivity contribution >= 4 is 46.5 Å². The van der Waals surface area contributed by atoms with Gasteiger partial charge in [-0.2, -0.15) is 0 Å². The molecule has 1 amide bonds. The Bertz CT molecular complexity index is 1060. The number of amidine groups is 1. The zero-order valence-electron chi connectivity index (χ0n) is 16.1. The Morgan fingerprint density at radius 2 is 1.97 bits per heavy atom. The van der Waals surface area contributed by atoms with Crippen LogP contribution in [-0.4, -0.2) is 41.3 Å². The molecule has 2 aromatic carbocycles. The number of carboxylic acid groups (broad SMARTS) is 1. The molecule has 2 aromatic rings. The monoisotopic (exact) mass is 426 g/mol. The number of aliphatic imine (C=N–C) groups is 1. The summed E-state index contributed by atoms with van der Waals surface area (Å²) in [7, 11) is 1.29. The minimum Gasteiger partial charge on any atom is -0.479 e. The molecule has 1 fully saturated rings. The van der Waals surface area contributed by atoms with Crippen LogP contribution >= 0.6 is 11.8 Å². The van der Waals surface area contributed by atoms with Crippen LogP contribution in [0.5, 0.6) is 5.75 Å². The van der Waals surface area contributed by atoms with Gasteiger partial charge in [-0.05, 0) is 54.6 Å². The number of rotatable bonds is 6. The van der Waals surface area contributed by atoms with E-state index in [-0.39, 0.29) is 11.5 Å². The van der Waals surface area contributed by atoms with E-state index in [1.165, 1.54) is 14.0 Å². The number of thioether (sulfide) groups is 1. The normalized spacial score (nSPS) is 16.9. The van der Waals surface area contributed by atoms with E-state index in [1.807, 2.05) is 0 Å². The molecular formula is C21H18N2O6S. The molecule has 9 heteroatoms. The van der Waals surface area contributed by atoms with Crippen LogP contribution in [0.3, 0.4) is 0 Å². The van der Waals surface area contributed by atoms with Crippen molar-refractivity contribution in [2.45, 2.75) is 13.0 Å². The zero-order chi connectivity index (χ0) is 21.7. The number of esters is 1. The van der Waals surface area contributed by atoms with Crippen LogP contribution < -0.4 is 10.1 Å². The molecule has 1 saturated heterocycles. The standard InChI is InChI=1S/C21H18N2O6S/c1-12(19(25)26)29-14-7-5-6-13(10-14)11-17-18(24)23-21(30-17)22-16-9-4-3-8-15(16)20(27)28-2/h3-12H,1-2H3,(H,25,26)(H,22,23,24)/b17-11+. The van der Waals surface area contributed by atoms with E-state index in [9.17, 15) is 14.4 Å². The third-order valence-electron chi connectivity index (χ3n) is 4.00. The number of ether oxygens (including phenoxy) is 2. The minimum absolute atomic E-state index is 0.289. The van der Waals surface area contributed by atoms with Crippen molar-refractivity contribution in [1.29, 1.82) is 0 Å². The summed E-state index contributed by atoms with van der Waals surface area (Å²) in [6.07, 6.45) is 0.651. The van der Waals surface area contributed by atoms with E-state index in [0.717, 1.165) is 11.8 Å². The summed E-state index contributed by atoms with van der Waals surface area (Å²) < 4.78 is 10.1.